The first-order chi connectivity index (χ1) is 14.1. The second-order valence-corrected chi connectivity index (χ2v) is 9.72. The minimum atomic E-state index is -0.944. The molecule has 1 aromatic rings. The van der Waals surface area contributed by atoms with Gasteiger partial charge in [0.25, 0.3) is 0 Å². The van der Waals surface area contributed by atoms with Crippen LogP contribution in [0.3, 0.4) is 0 Å². The number of methoxy groups -OCH3 is 1. The summed E-state index contributed by atoms with van der Waals surface area (Å²) in [6, 6.07) is 7.68. The molecule has 7 nitrogen and oxygen atoms in total. The van der Waals surface area contributed by atoms with Crippen LogP contribution in [0.25, 0.3) is 0 Å². The highest BCUT2D eigenvalue weighted by Crippen LogP contribution is 2.64. The Kier molecular flexibility index (Phi) is 6.22. The van der Waals surface area contributed by atoms with Gasteiger partial charge in [0.2, 0.25) is 6.54 Å². The predicted molar refractivity (Wildman–Crippen MR) is 112 cm³/mol. The van der Waals surface area contributed by atoms with Crippen LogP contribution in [-0.2, 0) is 16.1 Å². The molecule has 1 saturated carbocycles. The number of carboxylic acid groups (broad SMARTS) is 1. The van der Waals surface area contributed by atoms with Gasteiger partial charge in [-0.05, 0) is 53.4 Å². The fourth-order valence-corrected chi connectivity index (χ4v) is 5.64. The van der Waals surface area contributed by atoms with Crippen LogP contribution in [0, 0.1) is 38.7 Å². The van der Waals surface area contributed by atoms with Crippen molar-refractivity contribution in [2.24, 2.45) is 28.6 Å². The average molecular weight is 418 g/mol. The van der Waals surface area contributed by atoms with E-state index >= 15 is 0 Å². The van der Waals surface area contributed by atoms with Gasteiger partial charge in [-0.15, -0.1) is 0 Å². The Balaban J connectivity index is 1.70. The molecule has 2 aliphatic carbocycles. The number of carbonyl (C=O) groups is 1. The second-order valence-electron chi connectivity index (χ2n) is 9.72. The number of allylic oxidation sites excluding steroid dienone is 1. The zero-order chi connectivity index (χ0) is 22.1. The third-order valence-electron chi connectivity index (χ3n) is 6.58. The summed E-state index contributed by atoms with van der Waals surface area (Å²) in [5.41, 5.74) is 0.755. The van der Waals surface area contributed by atoms with Crippen LogP contribution in [0.2, 0.25) is 0 Å². The van der Waals surface area contributed by atoms with Crippen molar-refractivity contribution in [3.63, 3.8) is 0 Å². The van der Waals surface area contributed by atoms with E-state index in [4.69, 9.17) is 9.47 Å². The minimum absolute atomic E-state index is 0.0807. The van der Waals surface area contributed by atoms with Crippen molar-refractivity contribution in [1.29, 1.82) is 0 Å². The molecule has 30 heavy (non-hydrogen) atoms. The highest BCUT2D eigenvalue weighted by molar-refractivity contribution is 5.72. The predicted octanol–water partition coefficient (Wildman–Crippen LogP) is 4.19. The average Bonchev–Trinajstić information content (AvgIpc) is 2.97. The van der Waals surface area contributed by atoms with Gasteiger partial charge in [0.05, 0.1) is 31.7 Å². The molecule has 0 amide bonds. The lowest BCUT2D eigenvalue weighted by Crippen LogP contribution is -2.59. The van der Waals surface area contributed by atoms with Gasteiger partial charge in [0, 0.05) is 4.92 Å². The Morgan fingerprint density at radius 2 is 1.97 bits per heavy atom. The number of nitrogens with zero attached hydrogens (tertiary/aromatic N) is 1. The highest BCUT2D eigenvalue weighted by Gasteiger charge is 2.65. The molecule has 1 unspecified atom stereocenters. The normalized spacial score (nSPS) is 26.3. The van der Waals surface area contributed by atoms with Crippen LogP contribution < -0.4 is 4.74 Å². The molecular weight excluding hydrogens is 386 g/mol. The number of carboxylic acids is 1. The summed E-state index contributed by atoms with van der Waals surface area (Å²) >= 11 is 0. The van der Waals surface area contributed by atoms with Gasteiger partial charge in [-0.1, -0.05) is 39.0 Å². The quantitative estimate of drug-likeness (QED) is 0.367. The molecule has 4 atom stereocenters. The van der Waals surface area contributed by atoms with E-state index in [0.717, 1.165) is 23.3 Å². The summed E-state index contributed by atoms with van der Waals surface area (Å²) in [5, 5.41) is 21.4. The molecule has 1 aromatic carbocycles. The first-order valence-corrected chi connectivity index (χ1v) is 10.3. The number of nitro groups is 1. The highest BCUT2D eigenvalue weighted by atomic mass is 16.6. The lowest BCUT2D eigenvalue weighted by atomic mass is 9.46. The van der Waals surface area contributed by atoms with Gasteiger partial charge in [0.1, 0.15) is 5.75 Å². The van der Waals surface area contributed by atoms with E-state index in [9.17, 15) is 20.0 Å². The number of benzene rings is 1. The maximum atomic E-state index is 12.1. The lowest BCUT2D eigenvalue weighted by molar-refractivity contribution is -0.510. The van der Waals surface area contributed by atoms with E-state index in [1.165, 1.54) is 0 Å². The third kappa shape index (κ3) is 4.36. The molecule has 0 saturated heterocycles. The van der Waals surface area contributed by atoms with E-state index in [2.05, 4.69) is 6.08 Å². The lowest BCUT2D eigenvalue weighted by Gasteiger charge is -2.55. The van der Waals surface area contributed by atoms with Gasteiger partial charge in [-0.25, -0.2) is 0 Å². The maximum absolute atomic E-state index is 12.1. The first-order valence-electron chi connectivity index (χ1n) is 10.3. The molecule has 0 aromatic heterocycles. The van der Waals surface area contributed by atoms with Gasteiger partial charge in [-0.2, -0.15) is 0 Å². The van der Waals surface area contributed by atoms with E-state index in [1.54, 1.807) is 7.11 Å². The molecule has 0 spiro atoms. The number of fused-ring (bicyclic) bond motifs is 1. The minimum Gasteiger partial charge on any atom is -0.497 e. The number of hydrogen-bond donors (Lipinski definition) is 1. The molecule has 0 heterocycles. The summed E-state index contributed by atoms with van der Waals surface area (Å²) in [6.45, 7) is 6.20. The Morgan fingerprint density at radius 3 is 2.50 bits per heavy atom. The summed E-state index contributed by atoms with van der Waals surface area (Å²) in [4.78, 5) is 23.3. The summed E-state index contributed by atoms with van der Waals surface area (Å²) in [7, 11) is 1.62. The molecule has 1 N–H and O–H groups in total. The fraction of sp³-hybridized carbons (Fsp3) is 0.609. The second kappa shape index (κ2) is 8.38. The Hall–Kier alpha value is -2.41. The number of rotatable bonds is 9. The van der Waals surface area contributed by atoms with E-state index in [0.29, 0.717) is 19.6 Å². The zero-order valence-corrected chi connectivity index (χ0v) is 18.1. The van der Waals surface area contributed by atoms with Crippen molar-refractivity contribution in [3.8, 4) is 5.75 Å². The monoisotopic (exact) mass is 417 g/mol. The summed E-state index contributed by atoms with van der Waals surface area (Å²) in [6.07, 6.45) is 3.46. The summed E-state index contributed by atoms with van der Waals surface area (Å²) in [5.74, 6) is -0.729. The summed E-state index contributed by atoms with van der Waals surface area (Å²) < 4.78 is 11.0. The van der Waals surface area contributed by atoms with Crippen molar-refractivity contribution in [2.75, 3.05) is 20.3 Å². The Labute approximate surface area is 177 Å². The SMILES string of the molecule is COc1ccc(COCC2=C[C@H]3[C@@H](C2)C[C@@]3(C[N+](=O)[O-])C(C(=O)O)C(C)(C)C)cc1. The van der Waals surface area contributed by atoms with Gasteiger partial charge in [0.15, 0.2) is 0 Å². The standard InChI is InChI=1S/C23H31NO6/c1-22(2,3)20(21(25)26)23(14-24(27)28)11-17-9-16(10-19(17)23)13-30-12-15-5-7-18(29-4)8-6-15/h5-8,10,17,19-20H,9,11-14H2,1-4H3,(H,25,26)/t17-,19-,20?,23-/m0/s1. The Morgan fingerprint density at radius 1 is 1.30 bits per heavy atom. The van der Waals surface area contributed by atoms with Crippen LogP contribution in [-0.4, -0.2) is 36.3 Å². The van der Waals surface area contributed by atoms with Crippen LogP contribution >= 0.6 is 0 Å². The first kappa shape index (κ1) is 22.3. The van der Waals surface area contributed by atoms with Crippen molar-refractivity contribution >= 4 is 5.97 Å². The van der Waals surface area contributed by atoms with Crippen molar-refractivity contribution in [3.05, 3.63) is 51.6 Å². The van der Waals surface area contributed by atoms with Crippen molar-refractivity contribution < 1.29 is 24.3 Å². The molecular formula is C23H31NO6. The van der Waals surface area contributed by atoms with E-state index in [1.807, 2.05) is 45.0 Å². The number of aliphatic carboxylic acids is 1. The molecule has 1 fully saturated rings. The smallest absolute Gasteiger partial charge is 0.307 e. The van der Waals surface area contributed by atoms with Crippen LogP contribution in [0.1, 0.15) is 39.2 Å². The molecule has 3 rings (SSSR count). The molecule has 164 valence electrons. The van der Waals surface area contributed by atoms with Crippen LogP contribution in [0.15, 0.2) is 35.9 Å². The largest absolute Gasteiger partial charge is 0.497 e. The Bertz CT molecular complexity index is 825. The molecule has 2 aliphatic rings. The van der Waals surface area contributed by atoms with E-state index < -0.39 is 22.7 Å². The fourth-order valence-electron chi connectivity index (χ4n) is 5.64. The third-order valence-corrected chi connectivity index (χ3v) is 6.58. The zero-order valence-electron chi connectivity index (χ0n) is 18.1. The van der Waals surface area contributed by atoms with Gasteiger partial charge < -0.3 is 14.6 Å². The van der Waals surface area contributed by atoms with E-state index in [-0.39, 0.29) is 23.3 Å². The molecule has 0 radical (unpaired) electrons. The van der Waals surface area contributed by atoms with Crippen molar-refractivity contribution in [2.45, 2.75) is 40.2 Å². The van der Waals surface area contributed by atoms with Gasteiger partial charge >= 0.3 is 5.97 Å². The van der Waals surface area contributed by atoms with Crippen LogP contribution in [0.5, 0.6) is 5.75 Å². The number of ether oxygens (including phenoxy) is 2. The maximum Gasteiger partial charge on any atom is 0.307 e. The molecule has 7 heteroatoms. The van der Waals surface area contributed by atoms with Gasteiger partial charge in [-0.3, -0.25) is 14.9 Å². The topological polar surface area (TPSA) is 98.9 Å². The molecule has 0 aliphatic heterocycles. The number of hydrogen-bond acceptors (Lipinski definition) is 5. The van der Waals surface area contributed by atoms with Crippen molar-refractivity contribution in [1.82, 2.24) is 0 Å². The van der Waals surface area contributed by atoms with Crippen LogP contribution in [0.4, 0.5) is 0 Å². The molecule has 0 bridgehead atoms.